The van der Waals surface area contributed by atoms with Crippen LogP contribution in [0.25, 0.3) is 16.0 Å². The number of benzene rings is 2. The monoisotopic (exact) mass is 477 g/mol. The van der Waals surface area contributed by atoms with Crippen molar-refractivity contribution < 1.29 is 9.18 Å². The van der Waals surface area contributed by atoms with Gasteiger partial charge in [-0.3, -0.25) is 4.79 Å². The van der Waals surface area contributed by atoms with E-state index in [0.29, 0.717) is 6.54 Å². The highest BCUT2D eigenvalue weighted by atomic mass is 32.1. The molecule has 176 valence electrons. The second kappa shape index (κ2) is 9.18. The Morgan fingerprint density at radius 3 is 2.62 bits per heavy atom. The quantitative estimate of drug-likeness (QED) is 0.422. The van der Waals surface area contributed by atoms with Crippen molar-refractivity contribution in [3.63, 3.8) is 0 Å². The Bertz CT molecular complexity index is 1310. The zero-order valence-corrected chi connectivity index (χ0v) is 20.4. The molecular weight excluding hydrogens is 449 g/mol. The number of hydrogen-bond acceptors (Lipinski definition) is 5. The highest BCUT2D eigenvalue weighted by molar-refractivity contribution is 7.22. The van der Waals surface area contributed by atoms with Gasteiger partial charge in [0.25, 0.3) is 0 Å². The first-order valence-corrected chi connectivity index (χ1v) is 12.4. The van der Waals surface area contributed by atoms with E-state index in [0.717, 1.165) is 51.8 Å². The Kier molecular flexibility index (Phi) is 6.08. The van der Waals surface area contributed by atoms with E-state index in [9.17, 15) is 9.18 Å². The molecule has 5 rings (SSSR count). The molecule has 0 bridgehead atoms. The van der Waals surface area contributed by atoms with Crippen molar-refractivity contribution in [3.8, 4) is 5.69 Å². The number of fused-ring (bicyclic) bond motifs is 1. The largest absolute Gasteiger partial charge is 0.349 e. The molecule has 4 aromatic rings. The molecular formula is C26H28FN5OS. The fourth-order valence-electron chi connectivity index (χ4n) is 4.46. The zero-order valence-electron chi connectivity index (χ0n) is 19.6. The summed E-state index contributed by atoms with van der Waals surface area (Å²) in [5, 5.41) is 8.70. The van der Waals surface area contributed by atoms with E-state index in [1.54, 1.807) is 28.2 Å². The second-order valence-corrected chi connectivity index (χ2v) is 10.0. The number of aryl methyl sites for hydroxylation is 2. The predicted octanol–water partition coefficient (Wildman–Crippen LogP) is 5.33. The molecule has 0 aliphatic carbocycles. The third-order valence-corrected chi connectivity index (χ3v) is 7.66. The smallest absolute Gasteiger partial charge is 0.225 e. The van der Waals surface area contributed by atoms with Gasteiger partial charge >= 0.3 is 0 Å². The first-order chi connectivity index (χ1) is 16.4. The average Bonchev–Trinajstić information content (AvgIpc) is 3.41. The second-order valence-electron chi connectivity index (χ2n) is 9.05. The fraction of sp³-hybridized carbons (Fsp3) is 0.346. The molecule has 8 heteroatoms. The topological polar surface area (TPSA) is 63.1 Å². The number of anilines is 1. The van der Waals surface area contributed by atoms with Gasteiger partial charge in [-0.25, -0.2) is 9.07 Å². The number of nitrogens with zero attached hydrogens (tertiary/aromatic N) is 4. The van der Waals surface area contributed by atoms with Crippen molar-refractivity contribution in [1.29, 1.82) is 0 Å². The molecule has 3 heterocycles. The zero-order chi connectivity index (χ0) is 23.8. The van der Waals surface area contributed by atoms with Crippen LogP contribution in [-0.4, -0.2) is 33.8 Å². The maximum absolute atomic E-state index is 13.4. The van der Waals surface area contributed by atoms with Gasteiger partial charge in [0.2, 0.25) is 5.91 Å². The van der Waals surface area contributed by atoms with E-state index >= 15 is 0 Å². The summed E-state index contributed by atoms with van der Waals surface area (Å²) in [6.07, 6.45) is 1.81. The lowest BCUT2D eigenvalue weighted by Crippen LogP contribution is -2.43. The summed E-state index contributed by atoms with van der Waals surface area (Å²) in [7, 11) is 0. The summed E-state index contributed by atoms with van der Waals surface area (Å²) in [5.41, 5.74) is 4.75. The van der Waals surface area contributed by atoms with E-state index in [4.69, 9.17) is 4.98 Å². The fourth-order valence-corrected chi connectivity index (χ4v) is 5.48. The van der Waals surface area contributed by atoms with E-state index in [2.05, 4.69) is 46.5 Å². The third-order valence-electron chi connectivity index (χ3n) is 6.45. The van der Waals surface area contributed by atoms with Gasteiger partial charge < -0.3 is 10.2 Å². The normalized spacial score (nSPS) is 17.2. The number of hydrogen-bond donors (Lipinski definition) is 1. The number of rotatable bonds is 5. The molecule has 0 unspecified atom stereocenters. The van der Waals surface area contributed by atoms with Crippen molar-refractivity contribution >= 4 is 32.7 Å². The van der Waals surface area contributed by atoms with Crippen LogP contribution in [0.1, 0.15) is 42.6 Å². The van der Waals surface area contributed by atoms with E-state index in [-0.39, 0.29) is 23.7 Å². The number of carbonyl (C=O) groups excluding carboxylic acids is 1. The average molecular weight is 478 g/mol. The minimum absolute atomic E-state index is 0.0322. The predicted molar refractivity (Wildman–Crippen MR) is 134 cm³/mol. The van der Waals surface area contributed by atoms with Gasteiger partial charge in [-0.1, -0.05) is 41.2 Å². The lowest BCUT2D eigenvalue weighted by molar-refractivity contribution is -0.125. The Morgan fingerprint density at radius 1 is 1.15 bits per heavy atom. The molecule has 1 N–H and O–H groups in total. The van der Waals surface area contributed by atoms with Crippen LogP contribution >= 0.6 is 11.3 Å². The van der Waals surface area contributed by atoms with E-state index in [1.165, 1.54) is 17.7 Å². The van der Waals surface area contributed by atoms with Gasteiger partial charge in [0, 0.05) is 13.1 Å². The molecule has 1 aliphatic heterocycles. The summed E-state index contributed by atoms with van der Waals surface area (Å²) < 4.78 is 16.2. The maximum Gasteiger partial charge on any atom is 0.225 e. The van der Waals surface area contributed by atoms with Gasteiger partial charge in [-0.15, -0.1) is 0 Å². The van der Waals surface area contributed by atoms with Crippen molar-refractivity contribution in [3.05, 3.63) is 71.2 Å². The van der Waals surface area contributed by atoms with Gasteiger partial charge in [-0.05, 0) is 63.4 Å². The van der Waals surface area contributed by atoms with Gasteiger partial charge in [0.15, 0.2) is 10.8 Å². The highest BCUT2D eigenvalue weighted by Gasteiger charge is 2.29. The van der Waals surface area contributed by atoms with Crippen molar-refractivity contribution in [2.45, 2.75) is 39.7 Å². The van der Waals surface area contributed by atoms with Gasteiger partial charge in [0.1, 0.15) is 5.82 Å². The Labute approximate surface area is 202 Å². The lowest BCUT2D eigenvalue weighted by atomic mass is 9.96. The summed E-state index contributed by atoms with van der Waals surface area (Å²) in [5.74, 6) is -0.270. The van der Waals surface area contributed by atoms with Crippen LogP contribution in [0.3, 0.4) is 0 Å². The van der Waals surface area contributed by atoms with E-state index < -0.39 is 0 Å². The molecule has 1 saturated heterocycles. The summed E-state index contributed by atoms with van der Waals surface area (Å²) in [6.45, 7) is 7.57. The molecule has 2 atom stereocenters. The van der Waals surface area contributed by atoms with Crippen LogP contribution in [0.4, 0.5) is 9.52 Å². The number of amides is 1. The number of aromatic nitrogens is 3. The molecule has 6 nitrogen and oxygen atoms in total. The van der Waals surface area contributed by atoms with Crippen molar-refractivity contribution in [1.82, 2.24) is 20.1 Å². The number of piperidine rings is 1. The Morgan fingerprint density at radius 2 is 1.88 bits per heavy atom. The molecule has 1 fully saturated rings. The van der Waals surface area contributed by atoms with Crippen LogP contribution in [0.15, 0.2) is 48.5 Å². The van der Waals surface area contributed by atoms with Gasteiger partial charge in [-0.2, -0.15) is 10.1 Å². The summed E-state index contributed by atoms with van der Waals surface area (Å²) in [6, 6.07) is 14.5. The van der Waals surface area contributed by atoms with Crippen LogP contribution in [-0.2, 0) is 4.79 Å². The first-order valence-electron chi connectivity index (χ1n) is 11.6. The third kappa shape index (κ3) is 4.42. The maximum atomic E-state index is 13.4. The minimum Gasteiger partial charge on any atom is -0.349 e. The van der Waals surface area contributed by atoms with Crippen LogP contribution < -0.4 is 10.2 Å². The molecule has 0 spiro atoms. The van der Waals surface area contributed by atoms with Crippen molar-refractivity contribution in [2.24, 2.45) is 5.92 Å². The van der Waals surface area contributed by atoms with Crippen LogP contribution in [0, 0.1) is 25.6 Å². The molecule has 34 heavy (non-hydrogen) atoms. The highest BCUT2D eigenvalue weighted by Crippen LogP contribution is 2.34. The Balaban J connectivity index is 1.32. The van der Waals surface area contributed by atoms with Crippen LogP contribution in [0.2, 0.25) is 0 Å². The van der Waals surface area contributed by atoms with Gasteiger partial charge in [0.05, 0.1) is 28.0 Å². The minimum atomic E-state index is -0.280. The summed E-state index contributed by atoms with van der Waals surface area (Å²) >= 11 is 1.60. The van der Waals surface area contributed by atoms with E-state index in [1.807, 2.05) is 13.8 Å². The van der Waals surface area contributed by atoms with Crippen LogP contribution in [0.5, 0.6) is 0 Å². The SMILES string of the molecule is Cc1ccc([C@H](C)NC(=O)[C@H]2CCCN(c3nc4c(s3)c(C)nn4-c3ccc(F)cc3)C2)cc1. The number of thiazole rings is 1. The number of carbonyl (C=O) groups is 1. The number of halogens is 1. The molecule has 1 aliphatic rings. The standard InChI is InChI=1S/C26H28FN5OS/c1-16-6-8-19(9-7-16)17(2)28-25(33)20-5-4-14-31(15-20)26-29-24-23(34-26)18(3)30-32(24)22-12-10-21(27)11-13-22/h6-13,17,20H,4-5,14-15H2,1-3H3,(H,28,33)/t17-,20-/m0/s1. The molecule has 2 aromatic carbocycles. The molecule has 0 saturated carbocycles. The molecule has 1 amide bonds. The summed E-state index contributed by atoms with van der Waals surface area (Å²) in [4.78, 5) is 20.2. The first kappa shape index (κ1) is 22.5. The molecule has 2 aromatic heterocycles. The van der Waals surface area contributed by atoms with Crippen molar-refractivity contribution in [2.75, 3.05) is 18.0 Å². The lowest BCUT2D eigenvalue weighted by Gasteiger charge is -2.32. The number of nitrogens with one attached hydrogen (secondary N) is 1. The molecule has 0 radical (unpaired) electrons. The Hall–Kier alpha value is -3.26.